The van der Waals surface area contributed by atoms with Crippen molar-refractivity contribution in [1.29, 1.82) is 0 Å². The number of hydrogen-bond donors (Lipinski definition) is 1. The number of aromatic nitrogens is 1. The second-order valence-corrected chi connectivity index (χ2v) is 7.73. The van der Waals surface area contributed by atoms with Gasteiger partial charge in [-0.25, -0.2) is 4.79 Å². The smallest absolute Gasteiger partial charge is 0.317 e. The number of carbonyl (C=O) groups excluding carboxylic acids is 1. The van der Waals surface area contributed by atoms with Crippen molar-refractivity contribution in [3.8, 4) is 0 Å². The molecular formula is C17H27N3OS. The zero-order valence-electron chi connectivity index (χ0n) is 13.8. The van der Waals surface area contributed by atoms with Crippen LogP contribution in [0.3, 0.4) is 0 Å². The first-order chi connectivity index (χ1) is 10.6. The van der Waals surface area contributed by atoms with Gasteiger partial charge in [0.15, 0.2) is 0 Å². The van der Waals surface area contributed by atoms with Crippen molar-refractivity contribution < 1.29 is 4.79 Å². The van der Waals surface area contributed by atoms with Crippen molar-refractivity contribution in [1.82, 2.24) is 15.2 Å². The van der Waals surface area contributed by atoms with E-state index >= 15 is 0 Å². The van der Waals surface area contributed by atoms with E-state index in [4.69, 9.17) is 0 Å². The molecule has 0 bridgehead atoms. The third-order valence-electron chi connectivity index (χ3n) is 4.37. The standard InChI is InChI=1S/C17H27N3OS/c1-4-15(14-7-10-18-11-8-14)20(5-2)16(21)19-13-17(3)9-6-12-22-17/h7-8,10-11,15H,4-6,9,12-13H2,1-3H3,(H,19,21)/t15-,17+/m1/s1. The van der Waals surface area contributed by atoms with Gasteiger partial charge in [0, 0.05) is 30.2 Å². The van der Waals surface area contributed by atoms with Crippen LogP contribution in [0.2, 0.25) is 0 Å². The predicted molar refractivity (Wildman–Crippen MR) is 93.1 cm³/mol. The number of nitrogens with one attached hydrogen (secondary N) is 1. The van der Waals surface area contributed by atoms with Gasteiger partial charge in [-0.05, 0) is 56.6 Å². The summed E-state index contributed by atoms with van der Waals surface area (Å²) in [5, 5.41) is 3.15. The molecule has 1 saturated heterocycles. The predicted octanol–water partition coefficient (Wildman–Crippen LogP) is 3.85. The molecule has 1 aromatic rings. The molecule has 1 aliphatic heterocycles. The summed E-state index contributed by atoms with van der Waals surface area (Å²) in [7, 11) is 0. The van der Waals surface area contributed by atoms with Crippen LogP contribution in [-0.2, 0) is 0 Å². The lowest BCUT2D eigenvalue weighted by Gasteiger charge is -2.32. The summed E-state index contributed by atoms with van der Waals surface area (Å²) in [6, 6.07) is 4.15. The number of rotatable bonds is 6. The van der Waals surface area contributed by atoms with E-state index in [9.17, 15) is 4.79 Å². The molecule has 5 heteroatoms. The van der Waals surface area contributed by atoms with E-state index in [0.29, 0.717) is 6.54 Å². The van der Waals surface area contributed by atoms with E-state index < -0.39 is 0 Å². The lowest BCUT2D eigenvalue weighted by atomic mass is 10.0. The van der Waals surface area contributed by atoms with E-state index in [0.717, 1.165) is 18.5 Å². The minimum absolute atomic E-state index is 0.0416. The summed E-state index contributed by atoms with van der Waals surface area (Å²) in [5.74, 6) is 1.21. The van der Waals surface area contributed by atoms with Crippen LogP contribution in [0.25, 0.3) is 0 Å². The molecule has 0 spiro atoms. The van der Waals surface area contributed by atoms with Gasteiger partial charge in [0.05, 0.1) is 6.04 Å². The minimum atomic E-state index is 0.0416. The lowest BCUT2D eigenvalue weighted by Crippen LogP contribution is -2.46. The molecule has 0 radical (unpaired) electrons. The molecule has 1 aliphatic rings. The van der Waals surface area contributed by atoms with Crippen molar-refractivity contribution >= 4 is 17.8 Å². The Morgan fingerprint density at radius 1 is 1.45 bits per heavy atom. The number of urea groups is 1. The molecular weight excluding hydrogens is 294 g/mol. The zero-order chi connectivity index (χ0) is 16.0. The van der Waals surface area contributed by atoms with Gasteiger partial charge in [0.2, 0.25) is 0 Å². The summed E-state index contributed by atoms with van der Waals surface area (Å²) in [5.41, 5.74) is 1.15. The Bertz CT molecular complexity index is 474. The van der Waals surface area contributed by atoms with E-state index in [1.807, 2.05) is 35.7 Å². The van der Waals surface area contributed by atoms with E-state index in [1.165, 1.54) is 18.6 Å². The van der Waals surface area contributed by atoms with E-state index in [1.54, 1.807) is 12.4 Å². The molecule has 2 rings (SSSR count). The van der Waals surface area contributed by atoms with E-state index in [2.05, 4.69) is 24.1 Å². The second-order valence-electron chi connectivity index (χ2n) is 6.05. The largest absolute Gasteiger partial charge is 0.337 e. The fourth-order valence-corrected chi connectivity index (χ4v) is 4.31. The number of carbonyl (C=O) groups is 1. The Labute approximate surface area is 138 Å². The Morgan fingerprint density at radius 2 is 2.18 bits per heavy atom. The molecule has 2 atom stereocenters. The summed E-state index contributed by atoms with van der Waals surface area (Å²) in [6.07, 6.45) is 6.92. The Hall–Kier alpha value is -1.23. The molecule has 122 valence electrons. The van der Waals surface area contributed by atoms with Gasteiger partial charge in [-0.2, -0.15) is 11.8 Å². The first kappa shape index (κ1) is 17.1. The maximum atomic E-state index is 12.6. The van der Waals surface area contributed by atoms with Gasteiger partial charge >= 0.3 is 6.03 Å². The van der Waals surface area contributed by atoms with Crippen molar-refractivity contribution in [2.75, 3.05) is 18.8 Å². The first-order valence-corrected chi connectivity index (χ1v) is 9.16. The SMILES string of the molecule is CC[C@H](c1ccncc1)N(CC)C(=O)NC[C@]1(C)CCCS1. The highest BCUT2D eigenvalue weighted by Gasteiger charge is 2.31. The summed E-state index contributed by atoms with van der Waals surface area (Å²) < 4.78 is 0.202. The molecule has 0 aromatic carbocycles. The Morgan fingerprint density at radius 3 is 2.73 bits per heavy atom. The number of pyridine rings is 1. The van der Waals surface area contributed by atoms with Gasteiger partial charge in [-0.15, -0.1) is 0 Å². The summed E-state index contributed by atoms with van der Waals surface area (Å²) in [6.45, 7) is 7.86. The Kier molecular flexibility index (Phi) is 6.12. The average molecular weight is 321 g/mol. The molecule has 0 unspecified atom stereocenters. The first-order valence-electron chi connectivity index (χ1n) is 8.18. The number of nitrogens with zero attached hydrogens (tertiary/aromatic N) is 2. The van der Waals surface area contributed by atoms with Gasteiger partial charge in [0.1, 0.15) is 0 Å². The van der Waals surface area contributed by atoms with Crippen molar-refractivity contribution in [3.05, 3.63) is 30.1 Å². The quantitative estimate of drug-likeness (QED) is 0.865. The highest BCUT2D eigenvalue weighted by molar-refractivity contribution is 8.00. The van der Waals surface area contributed by atoms with Gasteiger partial charge in [0.25, 0.3) is 0 Å². The third-order valence-corrected chi connectivity index (χ3v) is 5.91. The van der Waals surface area contributed by atoms with Crippen LogP contribution in [0.15, 0.2) is 24.5 Å². The normalized spacial score (nSPS) is 22.3. The molecule has 2 heterocycles. The van der Waals surface area contributed by atoms with Gasteiger partial charge in [-0.1, -0.05) is 6.92 Å². The second kappa shape index (κ2) is 7.86. The van der Waals surface area contributed by atoms with Crippen LogP contribution in [0.4, 0.5) is 4.79 Å². The lowest BCUT2D eigenvalue weighted by molar-refractivity contribution is 0.175. The van der Waals surface area contributed by atoms with Gasteiger partial charge < -0.3 is 10.2 Å². The van der Waals surface area contributed by atoms with Crippen LogP contribution in [-0.4, -0.2) is 39.5 Å². The van der Waals surface area contributed by atoms with Crippen LogP contribution in [0.5, 0.6) is 0 Å². The molecule has 0 saturated carbocycles. The van der Waals surface area contributed by atoms with Crippen molar-refractivity contribution in [3.63, 3.8) is 0 Å². The van der Waals surface area contributed by atoms with Crippen LogP contribution < -0.4 is 5.32 Å². The zero-order valence-corrected chi connectivity index (χ0v) is 14.7. The van der Waals surface area contributed by atoms with Gasteiger partial charge in [-0.3, -0.25) is 4.98 Å². The fourth-order valence-electron chi connectivity index (χ4n) is 3.07. The molecule has 1 fully saturated rings. The maximum absolute atomic E-state index is 12.6. The number of hydrogen-bond acceptors (Lipinski definition) is 3. The highest BCUT2D eigenvalue weighted by Crippen LogP contribution is 2.37. The maximum Gasteiger partial charge on any atom is 0.317 e. The van der Waals surface area contributed by atoms with Crippen molar-refractivity contribution in [2.24, 2.45) is 0 Å². The molecule has 1 aromatic heterocycles. The average Bonchev–Trinajstić information content (AvgIpc) is 2.98. The monoisotopic (exact) mass is 321 g/mol. The fraction of sp³-hybridized carbons (Fsp3) is 0.647. The summed E-state index contributed by atoms with van der Waals surface area (Å²) >= 11 is 1.98. The molecule has 1 N–H and O–H groups in total. The molecule has 0 aliphatic carbocycles. The number of amides is 2. The minimum Gasteiger partial charge on any atom is -0.337 e. The molecule has 22 heavy (non-hydrogen) atoms. The van der Waals surface area contributed by atoms with Crippen LogP contribution in [0, 0.1) is 0 Å². The van der Waals surface area contributed by atoms with Crippen LogP contribution in [0.1, 0.15) is 51.6 Å². The molecule has 2 amide bonds. The van der Waals surface area contributed by atoms with E-state index in [-0.39, 0.29) is 16.8 Å². The third kappa shape index (κ3) is 4.15. The molecule has 4 nitrogen and oxygen atoms in total. The Balaban J connectivity index is 2.01. The van der Waals surface area contributed by atoms with Crippen LogP contribution >= 0.6 is 11.8 Å². The van der Waals surface area contributed by atoms with Crippen molar-refractivity contribution in [2.45, 2.75) is 50.8 Å². The topological polar surface area (TPSA) is 45.2 Å². The highest BCUT2D eigenvalue weighted by atomic mass is 32.2. The summed E-state index contributed by atoms with van der Waals surface area (Å²) in [4.78, 5) is 18.6. The number of thioether (sulfide) groups is 1.